The van der Waals surface area contributed by atoms with E-state index in [2.05, 4.69) is 26.6 Å². The first kappa shape index (κ1) is 18.0. The Morgan fingerprint density at radius 1 is 1.20 bits per heavy atom. The molecule has 130 valence electrons. The van der Waals surface area contributed by atoms with E-state index in [-0.39, 0.29) is 11.1 Å². The van der Waals surface area contributed by atoms with Crippen LogP contribution in [0.2, 0.25) is 0 Å². The number of thioether (sulfide) groups is 1. The predicted molar refractivity (Wildman–Crippen MR) is 106 cm³/mol. The van der Waals surface area contributed by atoms with E-state index in [9.17, 15) is 9.59 Å². The number of imide groups is 1. The van der Waals surface area contributed by atoms with Gasteiger partial charge in [0, 0.05) is 28.1 Å². The summed E-state index contributed by atoms with van der Waals surface area (Å²) in [6.45, 7) is 6.49. The molecule has 1 aliphatic rings. The van der Waals surface area contributed by atoms with Gasteiger partial charge in [-0.25, -0.2) is 0 Å². The van der Waals surface area contributed by atoms with Gasteiger partial charge < -0.3 is 4.57 Å². The summed E-state index contributed by atoms with van der Waals surface area (Å²) in [5, 5.41) is -0.182. The number of carbonyl (C=O) groups is 2. The van der Waals surface area contributed by atoms with Gasteiger partial charge in [-0.2, -0.15) is 0 Å². The van der Waals surface area contributed by atoms with Crippen molar-refractivity contribution >= 4 is 44.9 Å². The van der Waals surface area contributed by atoms with Crippen LogP contribution in [0.4, 0.5) is 4.79 Å². The SMILES string of the molecule is CCCN1C(=O)S/C(=C/c2cc(C)n(-c3cccc(Br)c3)c2C)C1=O. The van der Waals surface area contributed by atoms with Gasteiger partial charge in [0.25, 0.3) is 11.1 Å². The number of hydrogen-bond acceptors (Lipinski definition) is 3. The van der Waals surface area contributed by atoms with Crippen LogP contribution in [0.1, 0.15) is 30.3 Å². The fourth-order valence-electron chi connectivity index (χ4n) is 3.00. The van der Waals surface area contributed by atoms with Gasteiger partial charge in [0.1, 0.15) is 0 Å². The normalized spacial score (nSPS) is 16.3. The molecule has 0 spiro atoms. The van der Waals surface area contributed by atoms with Gasteiger partial charge in [-0.05, 0) is 67.9 Å². The van der Waals surface area contributed by atoms with Crippen molar-refractivity contribution in [2.75, 3.05) is 6.54 Å². The Morgan fingerprint density at radius 3 is 2.64 bits per heavy atom. The lowest BCUT2D eigenvalue weighted by Gasteiger charge is -2.10. The molecule has 0 unspecified atom stereocenters. The molecule has 1 aromatic heterocycles. The first-order chi connectivity index (χ1) is 11.9. The number of aryl methyl sites for hydroxylation is 1. The number of amides is 2. The van der Waals surface area contributed by atoms with Crippen LogP contribution in [-0.2, 0) is 4.79 Å². The Hall–Kier alpha value is -1.79. The van der Waals surface area contributed by atoms with Crippen molar-refractivity contribution in [3.8, 4) is 5.69 Å². The quantitative estimate of drug-likeness (QED) is 0.632. The van der Waals surface area contributed by atoms with Crippen molar-refractivity contribution in [3.05, 3.63) is 56.7 Å². The fourth-order valence-corrected chi connectivity index (χ4v) is 4.25. The van der Waals surface area contributed by atoms with Crippen LogP contribution >= 0.6 is 27.7 Å². The second-order valence-electron chi connectivity index (χ2n) is 5.98. The van der Waals surface area contributed by atoms with Gasteiger partial charge in [-0.3, -0.25) is 14.5 Å². The molecule has 0 aliphatic carbocycles. The Morgan fingerprint density at radius 2 is 1.96 bits per heavy atom. The maximum Gasteiger partial charge on any atom is 0.293 e. The summed E-state index contributed by atoms with van der Waals surface area (Å²) in [6.07, 6.45) is 2.60. The molecule has 1 fully saturated rings. The van der Waals surface area contributed by atoms with Crippen LogP contribution in [0.15, 0.2) is 39.7 Å². The van der Waals surface area contributed by atoms with E-state index in [1.54, 1.807) is 0 Å². The summed E-state index contributed by atoms with van der Waals surface area (Å²) in [7, 11) is 0. The molecule has 2 heterocycles. The molecule has 1 saturated heterocycles. The lowest BCUT2D eigenvalue weighted by atomic mass is 10.2. The van der Waals surface area contributed by atoms with Crippen molar-refractivity contribution < 1.29 is 9.59 Å². The van der Waals surface area contributed by atoms with Gasteiger partial charge >= 0.3 is 0 Å². The molecule has 2 aromatic rings. The number of rotatable bonds is 4. The minimum Gasteiger partial charge on any atom is -0.318 e. The topological polar surface area (TPSA) is 42.3 Å². The Bertz CT molecular complexity index is 886. The Labute approximate surface area is 160 Å². The average Bonchev–Trinajstić information content (AvgIpc) is 2.98. The molecule has 0 atom stereocenters. The van der Waals surface area contributed by atoms with Crippen LogP contribution in [-0.4, -0.2) is 27.2 Å². The molecule has 25 heavy (non-hydrogen) atoms. The van der Waals surface area contributed by atoms with Crippen molar-refractivity contribution in [3.63, 3.8) is 0 Å². The zero-order valence-electron chi connectivity index (χ0n) is 14.4. The number of hydrogen-bond donors (Lipinski definition) is 0. The predicted octanol–water partition coefficient (Wildman–Crippen LogP) is 5.30. The smallest absolute Gasteiger partial charge is 0.293 e. The zero-order valence-corrected chi connectivity index (χ0v) is 16.8. The van der Waals surface area contributed by atoms with Crippen molar-refractivity contribution in [2.45, 2.75) is 27.2 Å². The molecule has 0 saturated carbocycles. The van der Waals surface area contributed by atoms with Crippen LogP contribution in [0.5, 0.6) is 0 Å². The minimum atomic E-state index is -0.191. The first-order valence-electron chi connectivity index (χ1n) is 8.12. The zero-order chi connectivity index (χ0) is 18.1. The number of halogens is 1. The molecule has 1 aromatic carbocycles. The van der Waals surface area contributed by atoms with E-state index >= 15 is 0 Å². The number of carbonyl (C=O) groups excluding carboxylic acids is 2. The van der Waals surface area contributed by atoms with Crippen molar-refractivity contribution in [1.82, 2.24) is 9.47 Å². The molecule has 0 radical (unpaired) electrons. The lowest BCUT2D eigenvalue weighted by molar-refractivity contribution is -0.122. The molecule has 1 aliphatic heterocycles. The summed E-state index contributed by atoms with van der Waals surface area (Å²) < 4.78 is 3.16. The molecule has 6 heteroatoms. The largest absolute Gasteiger partial charge is 0.318 e. The summed E-state index contributed by atoms with van der Waals surface area (Å²) in [5.74, 6) is -0.191. The van der Waals surface area contributed by atoms with Gasteiger partial charge in [0.05, 0.1) is 4.91 Å². The summed E-state index contributed by atoms with van der Waals surface area (Å²) >= 11 is 4.53. The van der Waals surface area contributed by atoms with E-state index in [4.69, 9.17) is 0 Å². The lowest BCUT2D eigenvalue weighted by Crippen LogP contribution is -2.28. The maximum atomic E-state index is 12.4. The summed E-state index contributed by atoms with van der Waals surface area (Å²) in [4.78, 5) is 26.3. The van der Waals surface area contributed by atoms with E-state index in [0.717, 1.165) is 45.3 Å². The molecule has 0 N–H and O–H groups in total. The molecule has 3 rings (SSSR count). The monoisotopic (exact) mass is 418 g/mol. The summed E-state index contributed by atoms with van der Waals surface area (Å²) in [6, 6.07) is 10.1. The standard InChI is InChI=1S/C19H19BrN2O2S/c1-4-8-21-18(23)17(25-19(21)24)10-14-9-12(2)22(13(14)3)16-7-5-6-15(20)11-16/h5-7,9-11H,4,8H2,1-3H3/b17-10+. The van der Waals surface area contributed by atoms with Gasteiger partial charge in [0.15, 0.2) is 0 Å². The third-order valence-electron chi connectivity index (χ3n) is 4.14. The molecule has 0 bridgehead atoms. The van der Waals surface area contributed by atoms with E-state index in [1.165, 1.54) is 4.90 Å². The van der Waals surface area contributed by atoms with Crippen LogP contribution in [0.3, 0.4) is 0 Å². The maximum absolute atomic E-state index is 12.4. The minimum absolute atomic E-state index is 0.182. The number of aromatic nitrogens is 1. The van der Waals surface area contributed by atoms with Gasteiger partial charge in [-0.1, -0.05) is 28.9 Å². The van der Waals surface area contributed by atoms with Gasteiger partial charge in [0.2, 0.25) is 0 Å². The Balaban J connectivity index is 1.99. The average molecular weight is 419 g/mol. The van der Waals surface area contributed by atoms with E-state index in [1.807, 2.05) is 51.1 Å². The molecule has 4 nitrogen and oxygen atoms in total. The summed E-state index contributed by atoms with van der Waals surface area (Å²) in [5.41, 5.74) is 4.13. The van der Waals surface area contributed by atoms with E-state index in [0.29, 0.717) is 11.4 Å². The second-order valence-corrected chi connectivity index (χ2v) is 7.88. The highest BCUT2D eigenvalue weighted by molar-refractivity contribution is 9.10. The highest BCUT2D eigenvalue weighted by Crippen LogP contribution is 2.34. The Kier molecular flexibility index (Phi) is 5.20. The third kappa shape index (κ3) is 3.46. The number of benzene rings is 1. The molecular weight excluding hydrogens is 400 g/mol. The van der Waals surface area contributed by atoms with E-state index < -0.39 is 0 Å². The molecule has 2 amide bonds. The van der Waals surface area contributed by atoms with Crippen LogP contribution < -0.4 is 0 Å². The van der Waals surface area contributed by atoms with Gasteiger partial charge in [-0.15, -0.1) is 0 Å². The van der Waals surface area contributed by atoms with Crippen molar-refractivity contribution in [1.29, 1.82) is 0 Å². The van der Waals surface area contributed by atoms with Crippen LogP contribution in [0.25, 0.3) is 11.8 Å². The highest BCUT2D eigenvalue weighted by Gasteiger charge is 2.34. The van der Waals surface area contributed by atoms with Crippen LogP contribution in [0, 0.1) is 13.8 Å². The van der Waals surface area contributed by atoms with Crippen molar-refractivity contribution in [2.24, 2.45) is 0 Å². The first-order valence-corrected chi connectivity index (χ1v) is 9.73. The third-order valence-corrected chi connectivity index (χ3v) is 5.54. The molecular formula is C19H19BrN2O2S. The highest BCUT2D eigenvalue weighted by atomic mass is 79.9. The second kappa shape index (κ2) is 7.22. The fraction of sp³-hybridized carbons (Fsp3) is 0.263. The number of nitrogens with zero attached hydrogens (tertiary/aromatic N) is 2.